The minimum absolute atomic E-state index is 0.0871. The highest BCUT2D eigenvalue weighted by atomic mass is 35.5. The number of carbonyl (C=O) groups is 1. The van der Waals surface area contributed by atoms with Crippen LogP contribution in [0.4, 0.5) is 0 Å². The second-order valence-corrected chi connectivity index (χ2v) is 8.45. The Kier molecular flexibility index (Phi) is 6.43. The zero-order valence-corrected chi connectivity index (χ0v) is 17.8. The van der Waals surface area contributed by atoms with Crippen LogP contribution in [0.15, 0.2) is 48.7 Å². The Morgan fingerprint density at radius 1 is 1.07 bits per heavy atom. The Morgan fingerprint density at radius 2 is 1.86 bits per heavy atom. The first-order valence-corrected chi connectivity index (χ1v) is 10.9. The molecule has 1 amide bonds. The van der Waals surface area contributed by atoms with E-state index in [1.807, 2.05) is 30.5 Å². The number of rotatable bonds is 6. The molecule has 6 heteroatoms. The monoisotopic (exact) mass is 429 g/mol. The molecule has 1 aromatic heterocycles. The van der Waals surface area contributed by atoms with E-state index >= 15 is 0 Å². The van der Waals surface area contributed by atoms with E-state index in [4.69, 9.17) is 23.2 Å². The van der Waals surface area contributed by atoms with Gasteiger partial charge in [0.1, 0.15) is 0 Å². The second-order valence-electron chi connectivity index (χ2n) is 7.66. The van der Waals surface area contributed by atoms with Crippen molar-refractivity contribution in [2.75, 3.05) is 19.6 Å². The Bertz CT molecular complexity index is 993. The van der Waals surface area contributed by atoms with Gasteiger partial charge < -0.3 is 10.3 Å². The molecule has 29 heavy (non-hydrogen) atoms. The number of benzene rings is 2. The Labute approximate surface area is 181 Å². The number of H-pyrrole nitrogens is 1. The highest BCUT2D eigenvalue weighted by Gasteiger charge is 2.25. The fourth-order valence-electron chi connectivity index (χ4n) is 4.07. The molecule has 1 aliphatic rings. The number of amides is 1. The predicted octanol–water partition coefficient (Wildman–Crippen LogP) is 5.05. The maximum absolute atomic E-state index is 12.6. The first kappa shape index (κ1) is 20.3. The normalized spacial score (nSPS) is 15.7. The van der Waals surface area contributed by atoms with Gasteiger partial charge in [-0.1, -0.05) is 53.5 Å². The van der Waals surface area contributed by atoms with Crippen LogP contribution < -0.4 is 5.32 Å². The molecule has 3 aromatic rings. The summed E-state index contributed by atoms with van der Waals surface area (Å²) in [7, 11) is 0. The van der Waals surface area contributed by atoms with Crippen molar-refractivity contribution in [1.82, 2.24) is 15.2 Å². The van der Waals surface area contributed by atoms with Gasteiger partial charge in [-0.2, -0.15) is 0 Å². The van der Waals surface area contributed by atoms with Gasteiger partial charge in [0.05, 0.1) is 10.0 Å². The van der Waals surface area contributed by atoms with Crippen molar-refractivity contribution in [3.63, 3.8) is 0 Å². The molecule has 2 heterocycles. The number of nitrogens with zero attached hydrogens (tertiary/aromatic N) is 1. The number of aromatic amines is 1. The molecule has 152 valence electrons. The number of carbonyl (C=O) groups excluding carboxylic acids is 1. The number of hydrogen-bond acceptors (Lipinski definition) is 2. The van der Waals surface area contributed by atoms with Crippen LogP contribution in [0.2, 0.25) is 10.0 Å². The van der Waals surface area contributed by atoms with E-state index in [1.54, 1.807) is 6.07 Å². The van der Waals surface area contributed by atoms with E-state index in [1.165, 1.54) is 10.9 Å². The predicted molar refractivity (Wildman–Crippen MR) is 119 cm³/mol. The molecule has 1 fully saturated rings. The summed E-state index contributed by atoms with van der Waals surface area (Å²) in [6.45, 7) is 3.22. The number of halogens is 2. The molecule has 4 nitrogen and oxygen atoms in total. The summed E-state index contributed by atoms with van der Waals surface area (Å²) in [5, 5.41) is 5.58. The third kappa shape index (κ3) is 4.77. The summed E-state index contributed by atoms with van der Waals surface area (Å²) in [6, 6.07) is 14.0. The third-order valence-electron chi connectivity index (χ3n) is 5.75. The SMILES string of the molecule is O=C(NCCc1c[nH]c2ccccc12)C1CCN(Cc2cccc(Cl)c2Cl)CC1. The van der Waals surface area contributed by atoms with Crippen LogP contribution in [0.25, 0.3) is 10.9 Å². The number of para-hydroxylation sites is 1. The third-order valence-corrected chi connectivity index (χ3v) is 6.61. The summed E-state index contributed by atoms with van der Waals surface area (Å²) in [4.78, 5) is 18.2. The van der Waals surface area contributed by atoms with E-state index in [2.05, 4.69) is 27.3 Å². The van der Waals surface area contributed by atoms with Crippen molar-refractivity contribution in [3.05, 3.63) is 69.8 Å². The van der Waals surface area contributed by atoms with Crippen LogP contribution in [0.5, 0.6) is 0 Å². The molecule has 0 radical (unpaired) electrons. The van der Waals surface area contributed by atoms with Crippen molar-refractivity contribution in [2.45, 2.75) is 25.8 Å². The molecule has 2 aromatic carbocycles. The summed E-state index contributed by atoms with van der Waals surface area (Å²) >= 11 is 12.4. The lowest BCUT2D eigenvalue weighted by atomic mass is 9.95. The second kappa shape index (κ2) is 9.21. The highest BCUT2D eigenvalue weighted by Crippen LogP contribution is 2.28. The lowest BCUT2D eigenvalue weighted by Gasteiger charge is -2.31. The van der Waals surface area contributed by atoms with Gasteiger partial charge in [-0.3, -0.25) is 9.69 Å². The van der Waals surface area contributed by atoms with Crippen LogP contribution in [0.1, 0.15) is 24.0 Å². The fourth-order valence-corrected chi connectivity index (χ4v) is 4.45. The van der Waals surface area contributed by atoms with Crippen molar-refractivity contribution >= 4 is 40.0 Å². The fraction of sp³-hybridized carbons (Fsp3) is 0.348. The molecule has 0 saturated carbocycles. The Balaban J connectivity index is 1.23. The van der Waals surface area contributed by atoms with Crippen LogP contribution >= 0.6 is 23.2 Å². The van der Waals surface area contributed by atoms with Gasteiger partial charge in [-0.25, -0.2) is 0 Å². The molecule has 0 atom stereocenters. The number of fused-ring (bicyclic) bond motifs is 1. The summed E-state index contributed by atoms with van der Waals surface area (Å²) in [5.41, 5.74) is 3.43. The zero-order chi connectivity index (χ0) is 20.2. The summed E-state index contributed by atoms with van der Waals surface area (Å²) in [5.74, 6) is 0.259. The number of hydrogen-bond donors (Lipinski definition) is 2. The van der Waals surface area contributed by atoms with Crippen molar-refractivity contribution in [2.24, 2.45) is 5.92 Å². The van der Waals surface area contributed by atoms with Crippen LogP contribution in [-0.2, 0) is 17.8 Å². The van der Waals surface area contributed by atoms with E-state index in [0.717, 1.165) is 50.0 Å². The molecule has 0 spiro atoms. The van der Waals surface area contributed by atoms with Gasteiger partial charge in [-0.15, -0.1) is 0 Å². The van der Waals surface area contributed by atoms with Crippen LogP contribution in [0.3, 0.4) is 0 Å². The Morgan fingerprint density at radius 3 is 2.69 bits per heavy atom. The van der Waals surface area contributed by atoms with E-state index < -0.39 is 0 Å². The molecular formula is C23H25Cl2N3O. The zero-order valence-electron chi connectivity index (χ0n) is 16.3. The van der Waals surface area contributed by atoms with Gasteiger partial charge in [0, 0.05) is 36.1 Å². The van der Waals surface area contributed by atoms with Crippen LogP contribution in [0, 0.1) is 5.92 Å². The molecule has 1 aliphatic heterocycles. The number of likely N-dealkylation sites (tertiary alicyclic amines) is 1. The van der Waals surface area contributed by atoms with Gasteiger partial charge >= 0.3 is 0 Å². The molecular weight excluding hydrogens is 405 g/mol. The lowest BCUT2D eigenvalue weighted by Crippen LogP contribution is -2.40. The van der Waals surface area contributed by atoms with Crippen LogP contribution in [-0.4, -0.2) is 35.4 Å². The minimum atomic E-state index is 0.0871. The molecule has 4 rings (SSSR count). The van der Waals surface area contributed by atoms with Gasteiger partial charge in [-0.05, 0) is 55.6 Å². The van der Waals surface area contributed by atoms with E-state index in [9.17, 15) is 4.79 Å². The molecule has 0 bridgehead atoms. The first-order chi connectivity index (χ1) is 14.1. The maximum Gasteiger partial charge on any atom is 0.223 e. The smallest absolute Gasteiger partial charge is 0.223 e. The number of nitrogens with one attached hydrogen (secondary N) is 2. The van der Waals surface area contributed by atoms with Gasteiger partial charge in [0.15, 0.2) is 0 Å². The standard InChI is InChI=1S/C23H25Cl2N3O/c24-20-6-3-4-18(22(20)25)15-28-12-9-16(10-13-28)23(29)26-11-8-17-14-27-21-7-2-1-5-19(17)21/h1-7,14,16,27H,8-13,15H2,(H,26,29). The van der Waals surface area contributed by atoms with E-state index in [-0.39, 0.29) is 11.8 Å². The average Bonchev–Trinajstić information content (AvgIpc) is 3.15. The Hall–Kier alpha value is -2.01. The number of aromatic nitrogens is 1. The topological polar surface area (TPSA) is 48.1 Å². The quantitative estimate of drug-likeness (QED) is 0.575. The first-order valence-electron chi connectivity index (χ1n) is 10.1. The molecule has 0 aliphatic carbocycles. The van der Waals surface area contributed by atoms with Crippen molar-refractivity contribution in [3.8, 4) is 0 Å². The van der Waals surface area contributed by atoms with Crippen molar-refractivity contribution in [1.29, 1.82) is 0 Å². The maximum atomic E-state index is 12.6. The van der Waals surface area contributed by atoms with Crippen molar-refractivity contribution < 1.29 is 4.79 Å². The molecule has 0 unspecified atom stereocenters. The molecule has 1 saturated heterocycles. The lowest BCUT2D eigenvalue weighted by molar-refractivity contribution is -0.126. The highest BCUT2D eigenvalue weighted by molar-refractivity contribution is 6.42. The minimum Gasteiger partial charge on any atom is -0.361 e. The molecule has 2 N–H and O–H groups in total. The summed E-state index contributed by atoms with van der Waals surface area (Å²) < 4.78 is 0. The summed E-state index contributed by atoms with van der Waals surface area (Å²) in [6.07, 6.45) is 4.62. The van der Waals surface area contributed by atoms with E-state index in [0.29, 0.717) is 16.6 Å². The largest absolute Gasteiger partial charge is 0.361 e. The van der Waals surface area contributed by atoms with Gasteiger partial charge in [0.2, 0.25) is 5.91 Å². The van der Waals surface area contributed by atoms with Gasteiger partial charge in [0.25, 0.3) is 0 Å². The number of piperidine rings is 1. The average molecular weight is 430 g/mol.